The van der Waals surface area contributed by atoms with Crippen LogP contribution in [0.15, 0.2) is 134 Å². The van der Waals surface area contributed by atoms with Crippen molar-refractivity contribution in [2.45, 2.75) is 105 Å². The van der Waals surface area contributed by atoms with Crippen LogP contribution < -0.4 is 0 Å². The molecule has 3 aromatic heterocycles. The zero-order chi connectivity index (χ0) is 43.6. The molecule has 0 spiro atoms. The maximum absolute atomic E-state index is 12.5. The van der Waals surface area contributed by atoms with E-state index in [1.807, 2.05) is 6.20 Å². The Morgan fingerprint density at radius 2 is 1.15 bits per heavy atom. The number of para-hydroxylation sites is 1. The number of benzene rings is 5. The van der Waals surface area contributed by atoms with Crippen molar-refractivity contribution >= 4 is 31.5 Å². The molecule has 5 heteroatoms. The molecule has 310 valence electrons. The van der Waals surface area contributed by atoms with Crippen LogP contribution in [0, 0.1) is 0 Å². The van der Waals surface area contributed by atoms with Gasteiger partial charge in [-0.15, -0.1) is 0 Å². The number of rotatable bonds is 6. The van der Waals surface area contributed by atoms with Crippen molar-refractivity contribution in [1.82, 2.24) is 14.5 Å². The Bertz CT molecular complexity index is 2890. The summed E-state index contributed by atoms with van der Waals surface area (Å²) in [6, 6.07) is 45.9. The van der Waals surface area contributed by atoms with Crippen LogP contribution in [-0.2, 0) is 21.7 Å². The number of phenols is 1. The quantitative estimate of drug-likeness (QED) is 0.169. The molecule has 8 aromatic rings. The van der Waals surface area contributed by atoms with Gasteiger partial charge in [-0.1, -0.05) is 0 Å². The molecule has 61 heavy (non-hydrogen) atoms. The molecule has 0 unspecified atom stereocenters. The number of pyridine rings is 1. The number of hydrogen-bond donors (Lipinski definition) is 1. The molecule has 4 nitrogen and oxygen atoms in total. The minimum absolute atomic E-state index is 0.0581. The van der Waals surface area contributed by atoms with Gasteiger partial charge in [0.1, 0.15) is 0 Å². The fourth-order valence-electron chi connectivity index (χ4n) is 8.25. The van der Waals surface area contributed by atoms with Crippen molar-refractivity contribution in [2.75, 3.05) is 0 Å². The summed E-state index contributed by atoms with van der Waals surface area (Å²) < 4.78 is 5.13. The molecule has 0 atom stereocenters. The molecular weight excluding hydrogens is 858 g/mol. The van der Waals surface area contributed by atoms with Gasteiger partial charge in [-0.05, 0) is 0 Å². The van der Waals surface area contributed by atoms with Crippen LogP contribution in [0.1, 0.15) is 103 Å². The second-order valence-corrected chi connectivity index (χ2v) is 23.6. The first-order valence-corrected chi connectivity index (χ1v) is 23.8. The van der Waals surface area contributed by atoms with Crippen molar-refractivity contribution in [3.8, 4) is 65.5 Å². The van der Waals surface area contributed by atoms with Crippen molar-refractivity contribution in [3.05, 3.63) is 154 Å². The van der Waals surface area contributed by atoms with E-state index in [9.17, 15) is 5.11 Å². The van der Waals surface area contributed by atoms with Crippen LogP contribution in [0.25, 0.3) is 70.8 Å². The topological polar surface area (TPSA) is 50.9 Å². The second-order valence-electron chi connectivity index (χ2n) is 20.6. The third-order valence-electron chi connectivity index (χ3n) is 11.7. The van der Waals surface area contributed by atoms with Crippen molar-refractivity contribution in [1.29, 1.82) is 0 Å². The molecule has 0 bridgehead atoms. The number of aromatic hydroxyl groups is 1. The third-order valence-corrected chi connectivity index (χ3v) is 16.2. The van der Waals surface area contributed by atoms with Crippen LogP contribution in [0.3, 0.4) is 0 Å². The number of hydrogen-bond acceptors (Lipinski definition) is 3. The van der Waals surface area contributed by atoms with Crippen molar-refractivity contribution in [3.63, 3.8) is 0 Å². The zero-order valence-corrected chi connectivity index (χ0v) is 40.2. The van der Waals surface area contributed by atoms with E-state index in [0.717, 1.165) is 61.6 Å². The number of phenolic OH excluding ortho intramolecular Hbond substituents is 1. The summed E-state index contributed by atoms with van der Waals surface area (Å²) in [6.45, 7) is 27.1. The van der Waals surface area contributed by atoms with E-state index < -0.39 is 20.4 Å². The molecule has 0 amide bonds. The molecule has 0 saturated heterocycles. The molecule has 0 saturated carbocycles. The fourth-order valence-corrected chi connectivity index (χ4v) is 11.7. The first kappa shape index (κ1) is 42.5. The summed E-state index contributed by atoms with van der Waals surface area (Å²) in [5.74, 6) is 1.01. The molecule has 0 aliphatic rings. The van der Waals surface area contributed by atoms with Gasteiger partial charge in [0, 0.05) is 0 Å². The van der Waals surface area contributed by atoms with E-state index in [4.69, 9.17) is 9.97 Å². The van der Waals surface area contributed by atoms with Gasteiger partial charge in [-0.2, -0.15) is 0 Å². The molecule has 0 aliphatic carbocycles. The van der Waals surface area contributed by atoms with Gasteiger partial charge in [0.2, 0.25) is 0 Å². The Morgan fingerprint density at radius 1 is 0.508 bits per heavy atom. The number of fused-ring (bicyclic) bond motifs is 1. The van der Waals surface area contributed by atoms with Gasteiger partial charge in [0.15, 0.2) is 0 Å². The van der Waals surface area contributed by atoms with E-state index in [1.54, 1.807) is 0 Å². The molecule has 3 heterocycles. The van der Waals surface area contributed by atoms with Crippen LogP contribution in [-0.4, -0.2) is 40.1 Å². The molecule has 1 N–H and O–H groups in total. The van der Waals surface area contributed by atoms with E-state index >= 15 is 0 Å². The van der Waals surface area contributed by atoms with E-state index in [0.29, 0.717) is 0 Å². The Balaban J connectivity index is 1.46. The summed E-state index contributed by atoms with van der Waals surface area (Å²) >= 11 is -0.786. The van der Waals surface area contributed by atoms with Gasteiger partial charge in [-0.25, -0.2) is 0 Å². The summed E-state index contributed by atoms with van der Waals surface area (Å²) in [5.41, 5.74) is 14.4. The monoisotopic (exact) mass is 919 g/mol. The average molecular weight is 918 g/mol. The Morgan fingerprint density at radius 3 is 1.77 bits per heavy atom. The van der Waals surface area contributed by atoms with E-state index in [1.165, 1.54) is 29.4 Å². The van der Waals surface area contributed by atoms with Crippen LogP contribution in [0.4, 0.5) is 0 Å². The van der Waals surface area contributed by atoms with Gasteiger partial charge >= 0.3 is 375 Å². The van der Waals surface area contributed by atoms with Crippen LogP contribution >= 0.6 is 0 Å². The number of aromatic nitrogens is 3. The second kappa shape index (κ2) is 15.6. The van der Waals surface area contributed by atoms with Crippen molar-refractivity contribution < 1.29 is 5.11 Å². The SMILES string of the molecule is CC(C)(C)c1ccc(-n2c(-c3cc(C(C)(C)C)cc(C(C)(C)C)c3O)nc3c(-c4cc(-c5cc(-c6ccccc6)ccn5)[te]c4C(C)(C)C)cccc32)c(-c2ccccc2)c1. The van der Waals surface area contributed by atoms with E-state index in [-0.39, 0.29) is 27.4 Å². The Labute approximate surface area is 373 Å². The molecule has 0 radical (unpaired) electrons. The Kier molecular flexibility index (Phi) is 10.9. The van der Waals surface area contributed by atoms with Crippen LogP contribution in [0.5, 0.6) is 5.75 Å². The van der Waals surface area contributed by atoms with Crippen LogP contribution in [0.2, 0.25) is 0 Å². The van der Waals surface area contributed by atoms with Gasteiger partial charge in [0.25, 0.3) is 0 Å². The van der Waals surface area contributed by atoms with E-state index in [2.05, 4.69) is 215 Å². The average Bonchev–Trinajstić information content (AvgIpc) is 3.84. The predicted molar refractivity (Wildman–Crippen MR) is 259 cm³/mol. The first-order chi connectivity index (χ1) is 28.7. The molecule has 5 aromatic carbocycles. The summed E-state index contributed by atoms with van der Waals surface area (Å²) in [6.07, 6.45) is 1.95. The van der Waals surface area contributed by atoms with Gasteiger partial charge in [0.05, 0.1) is 0 Å². The standard InChI is InChI=1S/C56H59N3OTe/c1-53(2,3)38-26-27-46(41(31-38)36-22-17-14-18-23-36)59-47-25-19-24-40(49(47)58-52(59)43-32-39(54(4,5)6)33-44(50(43)60)55(7,8)9)42-34-48(61-51(42)56(10,11)12)45-30-37(28-29-57-45)35-20-15-13-16-21-35/h13-34,60H,1-12H3. The first-order valence-electron chi connectivity index (χ1n) is 21.5. The Hall–Kier alpha value is -5.21. The summed E-state index contributed by atoms with van der Waals surface area (Å²) in [4.78, 5) is 10.7. The normalized spacial score (nSPS) is 12.7. The summed E-state index contributed by atoms with van der Waals surface area (Å²) in [7, 11) is 0. The van der Waals surface area contributed by atoms with Gasteiger partial charge < -0.3 is 0 Å². The molecule has 0 aliphatic heterocycles. The number of imidazole rings is 1. The maximum atomic E-state index is 12.5. The molecular formula is C56H59N3OTe. The minimum atomic E-state index is -0.786. The van der Waals surface area contributed by atoms with Gasteiger partial charge in [-0.3, -0.25) is 0 Å². The van der Waals surface area contributed by atoms with Crippen molar-refractivity contribution in [2.24, 2.45) is 0 Å². The molecule has 8 rings (SSSR count). The summed E-state index contributed by atoms with van der Waals surface area (Å²) in [5, 5.41) is 12.5. The third kappa shape index (κ3) is 8.28. The number of nitrogens with zero attached hydrogens (tertiary/aromatic N) is 3. The fraction of sp³-hybridized carbons (Fsp3) is 0.286. The zero-order valence-electron chi connectivity index (χ0n) is 37.9. The predicted octanol–water partition coefficient (Wildman–Crippen LogP) is 14.7. The molecule has 0 fully saturated rings.